The number of carbonyl (C=O) groups is 1. The third-order valence-corrected chi connectivity index (χ3v) is 5.29. The van der Waals surface area contributed by atoms with E-state index in [0.717, 1.165) is 17.6 Å². The van der Waals surface area contributed by atoms with Crippen LogP contribution in [0, 0.1) is 0 Å². The van der Waals surface area contributed by atoms with E-state index in [1.807, 2.05) is 61.5 Å². The third-order valence-electron chi connectivity index (χ3n) is 4.10. The number of hydrogen-bond acceptors (Lipinski definition) is 4. The molecular formula is C19H25N3O3S. The summed E-state index contributed by atoms with van der Waals surface area (Å²) in [7, 11) is 2.04. The van der Waals surface area contributed by atoms with E-state index < -0.39 is 10.0 Å². The normalized spacial score (nSPS) is 11.1. The molecule has 0 fully saturated rings. The monoisotopic (exact) mass is 375 g/mol. The molecule has 2 rings (SSSR count). The van der Waals surface area contributed by atoms with E-state index in [1.54, 1.807) is 19.2 Å². The second kappa shape index (κ2) is 8.23. The zero-order valence-corrected chi connectivity index (χ0v) is 16.4. The highest BCUT2D eigenvalue weighted by Crippen LogP contribution is 2.22. The summed E-state index contributed by atoms with van der Waals surface area (Å²) >= 11 is 0. The van der Waals surface area contributed by atoms with Crippen LogP contribution in [0.25, 0.3) is 0 Å². The average Bonchev–Trinajstić information content (AvgIpc) is 2.61. The summed E-state index contributed by atoms with van der Waals surface area (Å²) in [5, 5.41) is 0. The Balaban J connectivity index is 2.13. The fourth-order valence-corrected chi connectivity index (χ4v) is 3.49. The molecule has 0 saturated carbocycles. The highest BCUT2D eigenvalue weighted by molar-refractivity contribution is 7.92. The molecule has 0 aliphatic carbocycles. The molecule has 2 aromatic rings. The van der Waals surface area contributed by atoms with Gasteiger partial charge in [-0.05, 0) is 36.4 Å². The lowest BCUT2D eigenvalue weighted by molar-refractivity contribution is -0.118. The number of anilines is 3. The van der Waals surface area contributed by atoms with Gasteiger partial charge in [0.05, 0.1) is 11.9 Å². The highest BCUT2D eigenvalue weighted by Gasteiger charge is 2.20. The molecule has 0 N–H and O–H groups in total. The number of amides is 1. The Morgan fingerprint density at radius 2 is 1.38 bits per heavy atom. The number of para-hydroxylation sites is 1. The van der Waals surface area contributed by atoms with Crippen LogP contribution in [-0.4, -0.2) is 48.3 Å². The van der Waals surface area contributed by atoms with E-state index in [0.29, 0.717) is 5.69 Å². The van der Waals surface area contributed by atoms with E-state index in [2.05, 4.69) is 0 Å². The SMILES string of the molecule is CN(C)c1ccc(N(CCC(=O)N(C)c2ccccc2)S(C)(=O)=O)cc1. The molecule has 0 spiro atoms. The van der Waals surface area contributed by atoms with Crippen LogP contribution in [0.4, 0.5) is 17.1 Å². The Bertz CT molecular complexity index is 834. The van der Waals surface area contributed by atoms with E-state index in [4.69, 9.17) is 0 Å². The topological polar surface area (TPSA) is 60.9 Å². The van der Waals surface area contributed by atoms with Crippen LogP contribution in [0.5, 0.6) is 0 Å². The van der Waals surface area contributed by atoms with Crippen LogP contribution in [0.3, 0.4) is 0 Å². The molecule has 0 aliphatic rings. The molecule has 0 radical (unpaired) electrons. The second-order valence-corrected chi connectivity index (χ2v) is 8.19. The summed E-state index contributed by atoms with van der Waals surface area (Å²) in [4.78, 5) is 15.9. The number of rotatable bonds is 7. The van der Waals surface area contributed by atoms with Crippen LogP contribution in [0.2, 0.25) is 0 Å². The van der Waals surface area contributed by atoms with Crippen molar-refractivity contribution in [2.75, 3.05) is 48.0 Å². The van der Waals surface area contributed by atoms with Gasteiger partial charge >= 0.3 is 0 Å². The molecule has 6 nitrogen and oxygen atoms in total. The highest BCUT2D eigenvalue weighted by atomic mass is 32.2. The predicted octanol–water partition coefficient (Wildman–Crippen LogP) is 2.57. The van der Waals surface area contributed by atoms with Crippen LogP contribution < -0.4 is 14.1 Å². The minimum atomic E-state index is -3.49. The minimum Gasteiger partial charge on any atom is -0.378 e. The molecule has 7 heteroatoms. The molecule has 0 bridgehead atoms. The quantitative estimate of drug-likeness (QED) is 0.746. The summed E-state index contributed by atoms with van der Waals surface area (Å²) in [5.74, 6) is -0.144. The Kier molecular flexibility index (Phi) is 6.26. The first-order valence-electron chi connectivity index (χ1n) is 8.27. The Morgan fingerprint density at radius 3 is 1.88 bits per heavy atom. The van der Waals surface area contributed by atoms with Gasteiger partial charge in [0, 0.05) is 45.5 Å². The summed E-state index contributed by atoms with van der Waals surface area (Å²) in [5.41, 5.74) is 2.30. The lowest BCUT2D eigenvalue weighted by Crippen LogP contribution is -2.35. The molecule has 0 aliphatic heterocycles. The molecule has 0 aromatic heterocycles. The van der Waals surface area contributed by atoms with Crippen molar-refractivity contribution in [3.63, 3.8) is 0 Å². The molecule has 0 atom stereocenters. The van der Waals surface area contributed by atoms with Crippen LogP contribution in [0.15, 0.2) is 54.6 Å². The van der Waals surface area contributed by atoms with Crippen molar-refractivity contribution in [3.05, 3.63) is 54.6 Å². The van der Waals surface area contributed by atoms with Gasteiger partial charge in [0.25, 0.3) is 0 Å². The maximum Gasteiger partial charge on any atom is 0.232 e. The summed E-state index contributed by atoms with van der Waals surface area (Å²) in [6, 6.07) is 16.5. The average molecular weight is 375 g/mol. The Morgan fingerprint density at radius 1 is 0.846 bits per heavy atom. The van der Waals surface area contributed by atoms with Crippen LogP contribution in [0.1, 0.15) is 6.42 Å². The number of carbonyl (C=O) groups excluding carboxylic acids is 1. The zero-order chi connectivity index (χ0) is 19.3. The summed E-state index contributed by atoms with van der Waals surface area (Å²) in [6.45, 7) is 0.0934. The maximum absolute atomic E-state index is 12.4. The number of benzene rings is 2. The lowest BCUT2D eigenvalue weighted by Gasteiger charge is -2.24. The molecule has 0 unspecified atom stereocenters. The van der Waals surface area contributed by atoms with Gasteiger partial charge in [-0.15, -0.1) is 0 Å². The van der Waals surface area contributed by atoms with Gasteiger partial charge in [-0.3, -0.25) is 9.10 Å². The fourth-order valence-electron chi connectivity index (χ4n) is 2.56. The molecule has 0 heterocycles. The minimum absolute atomic E-state index is 0.0912. The molecule has 2 aromatic carbocycles. The van der Waals surface area contributed by atoms with Crippen molar-refractivity contribution in [2.45, 2.75) is 6.42 Å². The van der Waals surface area contributed by atoms with E-state index in [9.17, 15) is 13.2 Å². The van der Waals surface area contributed by atoms with E-state index in [1.165, 1.54) is 9.21 Å². The fraction of sp³-hybridized carbons (Fsp3) is 0.316. The van der Waals surface area contributed by atoms with Crippen molar-refractivity contribution in [3.8, 4) is 0 Å². The number of hydrogen-bond donors (Lipinski definition) is 0. The Hall–Kier alpha value is -2.54. The third kappa shape index (κ3) is 4.98. The standard InChI is InChI=1S/C19H25N3O3S/c1-20(2)16-10-12-18(13-11-16)22(26(4,24)25)15-14-19(23)21(3)17-8-6-5-7-9-17/h5-13H,14-15H2,1-4H3. The second-order valence-electron chi connectivity index (χ2n) is 6.28. The van der Waals surface area contributed by atoms with Gasteiger partial charge in [0.1, 0.15) is 0 Å². The van der Waals surface area contributed by atoms with Gasteiger partial charge in [-0.1, -0.05) is 18.2 Å². The smallest absolute Gasteiger partial charge is 0.232 e. The van der Waals surface area contributed by atoms with Crippen molar-refractivity contribution < 1.29 is 13.2 Å². The van der Waals surface area contributed by atoms with E-state index in [-0.39, 0.29) is 18.9 Å². The number of sulfonamides is 1. The number of nitrogens with zero attached hydrogens (tertiary/aromatic N) is 3. The first kappa shape index (κ1) is 19.8. The van der Waals surface area contributed by atoms with Crippen molar-refractivity contribution >= 4 is 33.0 Å². The summed E-state index contributed by atoms with van der Waals surface area (Å²) in [6.07, 6.45) is 1.24. The van der Waals surface area contributed by atoms with Crippen LogP contribution in [-0.2, 0) is 14.8 Å². The van der Waals surface area contributed by atoms with Crippen molar-refractivity contribution in [1.82, 2.24) is 0 Å². The van der Waals surface area contributed by atoms with E-state index >= 15 is 0 Å². The maximum atomic E-state index is 12.4. The molecule has 140 valence electrons. The first-order valence-corrected chi connectivity index (χ1v) is 10.1. The zero-order valence-electron chi connectivity index (χ0n) is 15.6. The summed E-state index contributed by atoms with van der Waals surface area (Å²) < 4.78 is 25.7. The van der Waals surface area contributed by atoms with Gasteiger partial charge < -0.3 is 9.80 Å². The van der Waals surface area contributed by atoms with Gasteiger partial charge in [-0.25, -0.2) is 8.42 Å². The van der Waals surface area contributed by atoms with Crippen molar-refractivity contribution in [1.29, 1.82) is 0 Å². The molecule has 0 saturated heterocycles. The van der Waals surface area contributed by atoms with Gasteiger partial charge in [0.2, 0.25) is 15.9 Å². The largest absolute Gasteiger partial charge is 0.378 e. The molecule has 26 heavy (non-hydrogen) atoms. The molecular weight excluding hydrogens is 350 g/mol. The molecule has 1 amide bonds. The van der Waals surface area contributed by atoms with Crippen LogP contribution >= 0.6 is 0 Å². The predicted molar refractivity (Wildman–Crippen MR) is 107 cm³/mol. The van der Waals surface area contributed by atoms with Gasteiger partial charge in [0.15, 0.2) is 0 Å². The van der Waals surface area contributed by atoms with Gasteiger partial charge in [-0.2, -0.15) is 0 Å². The lowest BCUT2D eigenvalue weighted by atomic mass is 10.2. The van der Waals surface area contributed by atoms with Crippen molar-refractivity contribution in [2.24, 2.45) is 0 Å². The Labute approximate surface area is 155 Å². The first-order chi connectivity index (χ1) is 12.2.